The first-order chi connectivity index (χ1) is 7.86. The molecule has 2 atom stereocenters. The molecule has 0 aromatic carbocycles. The molecule has 0 aromatic heterocycles. The molecule has 0 spiro atoms. The summed E-state index contributed by atoms with van der Waals surface area (Å²) in [6, 6.07) is 0. The van der Waals surface area contributed by atoms with Gasteiger partial charge in [-0.15, -0.1) is 0 Å². The minimum absolute atomic E-state index is 0.127. The first-order valence-corrected chi connectivity index (χ1v) is 6.48. The van der Waals surface area contributed by atoms with Crippen LogP contribution in [0.5, 0.6) is 0 Å². The number of amides is 1. The maximum absolute atomic E-state index is 11.9. The van der Waals surface area contributed by atoms with Crippen LogP contribution in [0.15, 0.2) is 0 Å². The van der Waals surface area contributed by atoms with Crippen LogP contribution in [-0.4, -0.2) is 42.2 Å². The highest BCUT2D eigenvalue weighted by atomic mass is 16.3. The lowest BCUT2D eigenvalue weighted by Gasteiger charge is -2.22. The Morgan fingerprint density at radius 2 is 1.94 bits per heavy atom. The van der Waals surface area contributed by atoms with Crippen LogP contribution >= 0.6 is 0 Å². The highest BCUT2D eigenvalue weighted by molar-refractivity contribution is 5.76. The largest absolute Gasteiger partial charge is 0.393 e. The molecule has 0 aromatic rings. The van der Waals surface area contributed by atoms with E-state index in [4.69, 9.17) is 5.73 Å². The van der Waals surface area contributed by atoms with E-state index in [9.17, 15) is 9.90 Å². The van der Waals surface area contributed by atoms with Gasteiger partial charge in [0.15, 0.2) is 0 Å². The number of carbonyl (C=O) groups excluding carboxylic acids is 1. The molecule has 0 fully saturated rings. The zero-order valence-corrected chi connectivity index (χ0v) is 11.6. The fraction of sp³-hybridized carbons (Fsp3) is 0.923. The first kappa shape index (κ1) is 16.4. The molecular formula is C13H28N2O2. The lowest BCUT2D eigenvalue weighted by molar-refractivity contribution is -0.131. The van der Waals surface area contributed by atoms with Crippen LogP contribution < -0.4 is 5.73 Å². The van der Waals surface area contributed by atoms with E-state index >= 15 is 0 Å². The fourth-order valence-electron chi connectivity index (χ4n) is 1.84. The van der Waals surface area contributed by atoms with E-state index in [1.807, 2.05) is 0 Å². The van der Waals surface area contributed by atoms with Crippen molar-refractivity contribution in [2.45, 2.75) is 46.1 Å². The lowest BCUT2D eigenvalue weighted by Crippen LogP contribution is -2.32. The molecule has 102 valence electrons. The third kappa shape index (κ3) is 8.16. The first-order valence-electron chi connectivity index (χ1n) is 6.48. The number of nitrogens with two attached hydrogens (primary N) is 1. The average molecular weight is 244 g/mol. The van der Waals surface area contributed by atoms with Gasteiger partial charge in [-0.2, -0.15) is 0 Å². The Labute approximate surface area is 105 Å². The van der Waals surface area contributed by atoms with Crippen molar-refractivity contribution in [3.8, 4) is 0 Å². The molecule has 0 aliphatic rings. The molecule has 4 nitrogen and oxygen atoms in total. The van der Waals surface area contributed by atoms with E-state index in [2.05, 4.69) is 13.8 Å². The molecule has 0 saturated carbocycles. The summed E-state index contributed by atoms with van der Waals surface area (Å²) in [6.45, 7) is 7.19. The Morgan fingerprint density at radius 3 is 2.35 bits per heavy atom. The van der Waals surface area contributed by atoms with Gasteiger partial charge in [0.1, 0.15) is 0 Å². The monoisotopic (exact) mass is 244 g/mol. The van der Waals surface area contributed by atoms with Gasteiger partial charge in [-0.1, -0.05) is 13.8 Å². The van der Waals surface area contributed by atoms with E-state index in [0.29, 0.717) is 31.8 Å². The summed E-state index contributed by atoms with van der Waals surface area (Å²) in [5.41, 5.74) is 5.68. The van der Waals surface area contributed by atoms with Gasteiger partial charge in [0, 0.05) is 20.0 Å². The second kappa shape index (κ2) is 8.48. The minimum Gasteiger partial charge on any atom is -0.393 e. The Kier molecular flexibility index (Phi) is 8.17. The Balaban J connectivity index is 4.03. The molecule has 3 N–H and O–H groups in total. The summed E-state index contributed by atoms with van der Waals surface area (Å²) in [5, 5.41) is 9.17. The van der Waals surface area contributed by atoms with Gasteiger partial charge in [0.25, 0.3) is 0 Å². The van der Waals surface area contributed by atoms with Crippen LogP contribution in [0, 0.1) is 11.8 Å². The normalized spacial score (nSPS) is 14.8. The van der Waals surface area contributed by atoms with E-state index in [0.717, 1.165) is 6.42 Å². The van der Waals surface area contributed by atoms with Crippen molar-refractivity contribution in [1.82, 2.24) is 4.90 Å². The van der Waals surface area contributed by atoms with Crippen LogP contribution in [0.25, 0.3) is 0 Å². The minimum atomic E-state index is -0.355. The molecule has 0 rings (SSSR count). The summed E-state index contributed by atoms with van der Waals surface area (Å²) in [6.07, 6.45) is 1.78. The van der Waals surface area contributed by atoms with Gasteiger partial charge >= 0.3 is 0 Å². The van der Waals surface area contributed by atoms with Gasteiger partial charge in [-0.05, 0) is 38.1 Å². The smallest absolute Gasteiger partial charge is 0.222 e. The summed E-state index contributed by atoms with van der Waals surface area (Å²) >= 11 is 0. The maximum atomic E-state index is 11.9. The molecule has 0 aliphatic carbocycles. The molecule has 17 heavy (non-hydrogen) atoms. The second-order valence-corrected chi connectivity index (χ2v) is 5.39. The lowest BCUT2D eigenvalue weighted by atomic mass is 9.94. The number of aliphatic hydroxyl groups is 1. The maximum Gasteiger partial charge on any atom is 0.222 e. The summed E-state index contributed by atoms with van der Waals surface area (Å²) in [7, 11) is 1.79. The summed E-state index contributed by atoms with van der Waals surface area (Å²) in [4.78, 5) is 13.6. The van der Waals surface area contributed by atoms with Crippen LogP contribution in [-0.2, 0) is 4.79 Å². The number of aliphatic hydroxyl groups excluding tert-OH is 1. The van der Waals surface area contributed by atoms with Crippen LogP contribution in [0.1, 0.15) is 40.0 Å². The third-order valence-electron chi connectivity index (χ3n) is 2.91. The van der Waals surface area contributed by atoms with Crippen molar-refractivity contribution in [3.05, 3.63) is 0 Å². The molecule has 0 radical (unpaired) electrons. The number of hydrogen-bond acceptors (Lipinski definition) is 3. The molecule has 1 unspecified atom stereocenters. The van der Waals surface area contributed by atoms with Crippen molar-refractivity contribution in [2.75, 3.05) is 20.1 Å². The van der Waals surface area contributed by atoms with Gasteiger partial charge in [-0.3, -0.25) is 4.79 Å². The fourth-order valence-corrected chi connectivity index (χ4v) is 1.84. The topological polar surface area (TPSA) is 66.6 Å². The third-order valence-corrected chi connectivity index (χ3v) is 2.91. The van der Waals surface area contributed by atoms with E-state index in [1.54, 1.807) is 18.9 Å². The molecular weight excluding hydrogens is 216 g/mol. The molecule has 0 aliphatic heterocycles. The predicted molar refractivity (Wildman–Crippen MR) is 70.6 cm³/mol. The van der Waals surface area contributed by atoms with Crippen molar-refractivity contribution < 1.29 is 9.90 Å². The Morgan fingerprint density at radius 1 is 1.35 bits per heavy atom. The second-order valence-electron chi connectivity index (χ2n) is 5.39. The average Bonchev–Trinajstić information content (AvgIpc) is 2.23. The van der Waals surface area contributed by atoms with Crippen molar-refractivity contribution in [2.24, 2.45) is 17.6 Å². The standard InChI is InChI=1S/C13H28N2O2/c1-10(2)7-12(9-14)8-13(17)15(4)6-5-11(3)16/h10-12,16H,5-9,14H2,1-4H3/t11?,12-/m0/s1. The van der Waals surface area contributed by atoms with Gasteiger partial charge in [0.2, 0.25) is 5.91 Å². The van der Waals surface area contributed by atoms with Crippen LogP contribution in [0.4, 0.5) is 0 Å². The van der Waals surface area contributed by atoms with Crippen LogP contribution in [0.3, 0.4) is 0 Å². The number of rotatable bonds is 8. The molecule has 0 saturated heterocycles. The Bertz CT molecular complexity index is 217. The number of carbonyl (C=O) groups is 1. The zero-order chi connectivity index (χ0) is 13.4. The summed E-state index contributed by atoms with van der Waals surface area (Å²) in [5.74, 6) is 0.970. The molecule has 0 heterocycles. The van der Waals surface area contributed by atoms with Crippen LogP contribution in [0.2, 0.25) is 0 Å². The highest BCUT2D eigenvalue weighted by Crippen LogP contribution is 2.15. The van der Waals surface area contributed by atoms with Crippen molar-refractivity contribution in [3.63, 3.8) is 0 Å². The van der Waals surface area contributed by atoms with Gasteiger partial charge in [0.05, 0.1) is 6.10 Å². The number of hydrogen-bond donors (Lipinski definition) is 2. The summed E-state index contributed by atoms with van der Waals surface area (Å²) < 4.78 is 0. The Hall–Kier alpha value is -0.610. The van der Waals surface area contributed by atoms with Crippen molar-refractivity contribution >= 4 is 5.91 Å². The zero-order valence-electron chi connectivity index (χ0n) is 11.6. The number of nitrogens with zero attached hydrogens (tertiary/aromatic N) is 1. The van der Waals surface area contributed by atoms with Gasteiger partial charge < -0.3 is 15.7 Å². The molecule has 0 bridgehead atoms. The van der Waals surface area contributed by atoms with Crippen molar-refractivity contribution in [1.29, 1.82) is 0 Å². The SMILES string of the molecule is CC(C)C[C@H](CN)CC(=O)N(C)CCC(C)O. The predicted octanol–water partition coefficient (Wildman–Crippen LogP) is 1.23. The molecule has 4 heteroatoms. The quantitative estimate of drug-likeness (QED) is 0.675. The van der Waals surface area contributed by atoms with E-state index < -0.39 is 0 Å². The van der Waals surface area contributed by atoms with E-state index in [-0.39, 0.29) is 17.9 Å². The van der Waals surface area contributed by atoms with E-state index in [1.165, 1.54) is 0 Å². The highest BCUT2D eigenvalue weighted by Gasteiger charge is 2.17. The van der Waals surface area contributed by atoms with Gasteiger partial charge in [-0.25, -0.2) is 0 Å². The molecule has 1 amide bonds.